The summed E-state index contributed by atoms with van der Waals surface area (Å²) in [6.45, 7) is 3.67. The van der Waals surface area contributed by atoms with E-state index in [9.17, 15) is 13.2 Å². The van der Waals surface area contributed by atoms with Crippen LogP contribution in [0.4, 0.5) is 0 Å². The van der Waals surface area contributed by atoms with Crippen LogP contribution in [-0.2, 0) is 26.0 Å². The second-order valence-electron chi connectivity index (χ2n) is 7.14. The number of hydrogen-bond donors (Lipinski definition) is 1. The first kappa shape index (κ1) is 23.1. The quantitative estimate of drug-likeness (QED) is 0.629. The molecule has 1 amide bonds. The lowest BCUT2D eigenvalue weighted by Gasteiger charge is -2.26. The highest BCUT2D eigenvalue weighted by Crippen LogP contribution is 2.19. The van der Waals surface area contributed by atoms with E-state index in [0.29, 0.717) is 50.8 Å². The number of rotatable bonds is 9. The van der Waals surface area contributed by atoms with Gasteiger partial charge in [0.1, 0.15) is 11.5 Å². The number of carbonyl (C=O) groups is 1. The lowest BCUT2D eigenvalue weighted by atomic mass is 10.1. The Balaban J connectivity index is 1.46. The SMILES string of the molecule is COc1ccc(OC(C)C(=O)NCCc2ccc(S(=O)(=O)N3CCOCC3)cc2)cc1. The number of sulfonamides is 1. The van der Waals surface area contributed by atoms with E-state index in [4.69, 9.17) is 14.2 Å². The Hall–Kier alpha value is -2.62. The summed E-state index contributed by atoms with van der Waals surface area (Å²) in [6, 6.07) is 13.8. The van der Waals surface area contributed by atoms with E-state index < -0.39 is 16.1 Å². The molecular weight excluding hydrogens is 420 g/mol. The van der Waals surface area contributed by atoms with Gasteiger partial charge in [0, 0.05) is 19.6 Å². The van der Waals surface area contributed by atoms with Gasteiger partial charge < -0.3 is 19.5 Å². The zero-order valence-electron chi connectivity index (χ0n) is 17.7. The largest absolute Gasteiger partial charge is 0.497 e. The van der Waals surface area contributed by atoms with E-state index in [1.165, 1.54) is 4.31 Å². The summed E-state index contributed by atoms with van der Waals surface area (Å²) < 4.78 is 42.7. The van der Waals surface area contributed by atoms with Gasteiger partial charge in [-0.2, -0.15) is 4.31 Å². The fourth-order valence-corrected chi connectivity index (χ4v) is 4.56. The van der Waals surface area contributed by atoms with Crippen LogP contribution in [0.3, 0.4) is 0 Å². The van der Waals surface area contributed by atoms with Crippen molar-refractivity contribution in [3.63, 3.8) is 0 Å². The van der Waals surface area contributed by atoms with Crippen LogP contribution < -0.4 is 14.8 Å². The van der Waals surface area contributed by atoms with E-state index in [1.54, 1.807) is 62.6 Å². The summed E-state index contributed by atoms with van der Waals surface area (Å²) in [5.41, 5.74) is 0.935. The Bertz CT molecular complexity index is 955. The molecular formula is C22H28N2O6S. The van der Waals surface area contributed by atoms with Crippen molar-refractivity contribution in [1.29, 1.82) is 0 Å². The first-order chi connectivity index (χ1) is 14.9. The fourth-order valence-electron chi connectivity index (χ4n) is 3.15. The molecule has 1 N–H and O–H groups in total. The summed E-state index contributed by atoms with van der Waals surface area (Å²) in [6.07, 6.45) is -0.0618. The summed E-state index contributed by atoms with van der Waals surface area (Å²) in [7, 11) is -1.91. The molecule has 2 aromatic carbocycles. The summed E-state index contributed by atoms with van der Waals surface area (Å²) in [5, 5.41) is 2.84. The molecule has 0 spiro atoms. The molecule has 168 valence electrons. The van der Waals surface area contributed by atoms with Crippen LogP contribution in [0.2, 0.25) is 0 Å². The lowest BCUT2D eigenvalue weighted by Crippen LogP contribution is -2.40. The van der Waals surface area contributed by atoms with Crippen molar-refractivity contribution in [2.24, 2.45) is 0 Å². The van der Waals surface area contributed by atoms with E-state index in [2.05, 4.69) is 5.32 Å². The Kier molecular flexibility index (Phi) is 7.89. The van der Waals surface area contributed by atoms with Crippen molar-refractivity contribution in [3.05, 3.63) is 54.1 Å². The first-order valence-corrected chi connectivity index (χ1v) is 11.6. The topological polar surface area (TPSA) is 94.2 Å². The van der Waals surface area contributed by atoms with Crippen molar-refractivity contribution >= 4 is 15.9 Å². The monoisotopic (exact) mass is 448 g/mol. The summed E-state index contributed by atoms with van der Waals surface area (Å²) >= 11 is 0. The van der Waals surface area contributed by atoms with Crippen molar-refractivity contribution in [3.8, 4) is 11.5 Å². The number of morpholine rings is 1. The van der Waals surface area contributed by atoms with Crippen LogP contribution in [0, 0.1) is 0 Å². The number of methoxy groups -OCH3 is 1. The molecule has 1 fully saturated rings. The molecule has 2 aromatic rings. The number of amides is 1. The minimum absolute atomic E-state index is 0.220. The fraction of sp³-hybridized carbons (Fsp3) is 0.409. The maximum atomic E-state index is 12.7. The van der Waals surface area contributed by atoms with Crippen LogP contribution >= 0.6 is 0 Å². The molecule has 1 heterocycles. The predicted molar refractivity (Wildman–Crippen MR) is 116 cm³/mol. The second-order valence-corrected chi connectivity index (χ2v) is 9.07. The molecule has 0 aromatic heterocycles. The molecule has 1 aliphatic heterocycles. The van der Waals surface area contributed by atoms with Gasteiger partial charge in [0.25, 0.3) is 5.91 Å². The normalized spacial score (nSPS) is 15.8. The van der Waals surface area contributed by atoms with Crippen LogP contribution in [0.1, 0.15) is 12.5 Å². The highest BCUT2D eigenvalue weighted by atomic mass is 32.2. The molecule has 31 heavy (non-hydrogen) atoms. The van der Waals surface area contributed by atoms with E-state index in [1.807, 2.05) is 0 Å². The minimum atomic E-state index is -3.50. The Labute approximate surface area is 183 Å². The van der Waals surface area contributed by atoms with Gasteiger partial charge in [-0.05, 0) is 55.3 Å². The van der Waals surface area contributed by atoms with Gasteiger partial charge in [0.05, 0.1) is 25.2 Å². The molecule has 1 unspecified atom stereocenters. The van der Waals surface area contributed by atoms with Gasteiger partial charge in [-0.15, -0.1) is 0 Å². The second kappa shape index (κ2) is 10.6. The van der Waals surface area contributed by atoms with E-state index in [-0.39, 0.29) is 10.8 Å². The number of nitrogens with zero attached hydrogens (tertiary/aromatic N) is 1. The number of ether oxygens (including phenoxy) is 3. The average Bonchev–Trinajstić information content (AvgIpc) is 2.80. The number of benzene rings is 2. The van der Waals surface area contributed by atoms with Crippen molar-refractivity contribution in [2.75, 3.05) is 40.0 Å². The first-order valence-electron chi connectivity index (χ1n) is 10.2. The Morgan fingerprint density at radius 1 is 1.06 bits per heavy atom. The molecule has 3 rings (SSSR count). The molecule has 8 nitrogen and oxygen atoms in total. The molecule has 0 saturated carbocycles. The zero-order chi connectivity index (χ0) is 22.3. The van der Waals surface area contributed by atoms with Gasteiger partial charge in [0.15, 0.2) is 6.10 Å². The maximum absolute atomic E-state index is 12.7. The van der Waals surface area contributed by atoms with Gasteiger partial charge >= 0.3 is 0 Å². The number of hydrogen-bond acceptors (Lipinski definition) is 6. The molecule has 1 aliphatic rings. The number of nitrogens with one attached hydrogen (secondary N) is 1. The summed E-state index contributed by atoms with van der Waals surface area (Å²) in [5.74, 6) is 1.08. The van der Waals surface area contributed by atoms with Crippen LogP contribution in [0.25, 0.3) is 0 Å². The molecule has 0 bridgehead atoms. The molecule has 0 aliphatic carbocycles. The van der Waals surface area contributed by atoms with E-state index in [0.717, 1.165) is 5.56 Å². The van der Waals surface area contributed by atoms with Crippen LogP contribution in [0.15, 0.2) is 53.4 Å². The summed E-state index contributed by atoms with van der Waals surface area (Å²) in [4.78, 5) is 12.5. The smallest absolute Gasteiger partial charge is 0.260 e. The van der Waals surface area contributed by atoms with Gasteiger partial charge in [-0.1, -0.05) is 12.1 Å². The Morgan fingerprint density at radius 3 is 2.29 bits per heavy atom. The molecule has 1 saturated heterocycles. The molecule has 0 radical (unpaired) electrons. The van der Waals surface area contributed by atoms with Gasteiger partial charge in [-0.25, -0.2) is 8.42 Å². The molecule has 1 atom stereocenters. The van der Waals surface area contributed by atoms with Gasteiger partial charge in [0.2, 0.25) is 10.0 Å². The lowest BCUT2D eigenvalue weighted by molar-refractivity contribution is -0.127. The maximum Gasteiger partial charge on any atom is 0.260 e. The highest BCUT2D eigenvalue weighted by Gasteiger charge is 2.26. The molecule has 9 heteroatoms. The van der Waals surface area contributed by atoms with Crippen LogP contribution in [0.5, 0.6) is 11.5 Å². The van der Waals surface area contributed by atoms with Crippen molar-refractivity contribution in [2.45, 2.75) is 24.3 Å². The minimum Gasteiger partial charge on any atom is -0.497 e. The standard InChI is InChI=1S/C22H28N2O6S/c1-17(30-20-7-5-19(28-2)6-8-20)22(25)23-12-11-18-3-9-21(10-4-18)31(26,27)24-13-15-29-16-14-24/h3-10,17H,11-16H2,1-2H3,(H,23,25). The van der Waals surface area contributed by atoms with E-state index >= 15 is 0 Å². The van der Waals surface area contributed by atoms with Crippen molar-refractivity contribution in [1.82, 2.24) is 9.62 Å². The third kappa shape index (κ3) is 6.19. The zero-order valence-corrected chi connectivity index (χ0v) is 18.6. The third-order valence-electron chi connectivity index (χ3n) is 4.99. The Morgan fingerprint density at radius 2 is 1.68 bits per heavy atom. The number of carbonyl (C=O) groups excluding carboxylic acids is 1. The van der Waals surface area contributed by atoms with Crippen molar-refractivity contribution < 1.29 is 27.4 Å². The predicted octanol–water partition coefficient (Wildman–Crippen LogP) is 1.84. The van der Waals surface area contributed by atoms with Gasteiger partial charge in [-0.3, -0.25) is 4.79 Å². The highest BCUT2D eigenvalue weighted by molar-refractivity contribution is 7.89. The third-order valence-corrected chi connectivity index (χ3v) is 6.90. The average molecular weight is 449 g/mol. The van der Waals surface area contributed by atoms with Crippen LogP contribution in [-0.4, -0.2) is 64.7 Å².